The molecule has 0 saturated carbocycles. The molecule has 26 heavy (non-hydrogen) atoms. The Balaban J connectivity index is 2.21. The molecule has 0 unspecified atom stereocenters. The van der Waals surface area contributed by atoms with Gasteiger partial charge in [-0.3, -0.25) is 24.3 Å². The number of hydrogen-bond acceptors (Lipinski definition) is 5. The third-order valence-corrected chi connectivity index (χ3v) is 4.91. The van der Waals surface area contributed by atoms with Gasteiger partial charge in [-0.2, -0.15) is 0 Å². The highest BCUT2D eigenvalue weighted by Gasteiger charge is 2.34. The molecule has 0 bridgehead atoms. The number of hydrogen-bond donors (Lipinski definition) is 2. The van der Waals surface area contributed by atoms with Gasteiger partial charge in [0.05, 0.1) is 21.3 Å². The van der Waals surface area contributed by atoms with Crippen molar-refractivity contribution in [1.29, 1.82) is 0 Å². The van der Waals surface area contributed by atoms with Crippen LogP contribution in [0.5, 0.6) is 5.75 Å². The van der Waals surface area contributed by atoms with Gasteiger partial charge < -0.3 is 10.5 Å². The summed E-state index contributed by atoms with van der Waals surface area (Å²) in [5.41, 5.74) is 4.97. The molecule has 0 aliphatic carbocycles. The van der Waals surface area contributed by atoms with Crippen molar-refractivity contribution in [2.75, 3.05) is 5.73 Å². The number of alkyl halides is 3. The summed E-state index contributed by atoms with van der Waals surface area (Å²) >= 11 is 4.64. The molecule has 3 N–H and O–H groups in total. The Hall–Kier alpha value is -2.09. The van der Waals surface area contributed by atoms with Crippen LogP contribution < -0.4 is 21.3 Å². The number of rotatable bonds is 2. The molecule has 12 heteroatoms. The zero-order valence-corrected chi connectivity index (χ0v) is 16.0. The topological polar surface area (TPSA) is 103 Å². The Bertz CT molecular complexity index is 1040. The number of amides is 2. The number of anilines is 1. The van der Waals surface area contributed by atoms with Gasteiger partial charge in [-0.15, -0.1) is 13.2 Å². The summed E-state index contributed by atoms with van der Waals surface area (Å²) < 4.78 is 42.2. The number of nitrogens with zero attached hydrogens (tertiary/aromatic N) is 1. The minimum atomic E-state index is -4.89. The Kier molecular flexibility index (Phi) is 4.50. The fourth-order valence-corrected chi connectivity index (χ4v) is 3.51. The number of imide groups is 1. The molecule has 0 atom stereocenters. The van der Waals surface area contributed by atoms with E-state index >= 15 is 0 Å². The largest absolute Gasteiger partial charge is 0.573 e. The molecule has 1 aliphatic rings. The van der Waals surface area contributed by atoms with Gasteiger partial charge in [0.1, 0.15) is 11.6 Å². The van der Waals surface area contributed by atoms with E-state index in [1.54, 1.807) is 22.6 Å². The zero-order valence-electron chi connectivity index (χ0n) is 12.3. The van der Waals surface area contributed by atoms with Gasteiger partial charge in [0.25, 0.3) is 17.4 Å². The average Bonchev–Trinajstić information content (AvgIpc) is 2.77. The van der Waals surface area contributed by atoms with E-state index in [4.69, 9.17) is 5.73 Å². The number of carbonyl (C=O) groups excluding carboxylic acids is 2. The van der Waals surface area contributed by atoms with E-state index in [9.17, 15) is 27.6 Å². The summed E-state index contributed by atoms with van der Waals surface area (Å²) in [7, 11) is 0. The Morgan fingerprint density at radius 2 is 1.81 bits per heavy atom. The second-order valence-corrected chi connectivity index (χ2v) is 7.07. The number of halogens is 5. The highest BCUT2D eigenvalue weighted by molar-refractivity contribution is 14.1. The lowest BCUT2D eigenvalue weighted by Crippen LogP contribution is -2.25. The molecule has 2 heterocycles. The highest BCUT2D eigenvalue weighted by atomic mass is 127. The van der Waals surface area contributed by atoms with Gasteiger partial charge in [0.15, 0.2) is 0 Å². The standard InChI is InChI=1S/C14H6BrF3IN3O4/c15-5-2-7(6(19)3-8(5)26-14(16,17)18)22-9(23)1-4-10(11(22)20)13(25)21-12(4)24/h1-3H,20H2,(H,21,24,25). The Labute approximate surface area is 164 Å². The van der Waals surface area contributed by atoms with Gasteiger partial charge in [-0.05, 0) is 50.7 Å². The number of aromatic nitrogens is 1. The predicted molar refractivity (Wildman–Crippen MR) is 95.3 cm³/mol. The monoisotopic (exact) mass is 543 g/mol. The molecule has 7 nitrogen and oxygen atoms in total. The van der Waals surface area contributed by atoms with Crippen LogP contribution in [0, 0.1) is 3.57 Å². The first-order chi connectivity index (χ1) is 12.0. The van der Waals surface area contributed by atoms with Crippen molar-refractivity contribution < 1.29 is 27.5 Å². The van der Waals surface area contributed by atoms with E-state index in [2.05, 4.69) is 20.7 Å². The van der Waals surface area contributed by atoms with E-state index in [1.807, 2.05) is 5.32 Å². The van der Waals surface area contributed by atoms with E-state index in [0.717, 1.165) is 16.7 Å². The maximum absolute atomic E-state index is 12.4. The van der Waals surface area contributed by atoms with Gasteiger partial charge in [0, 0.05) is 9.64 Å². The number of carbonyl (C=O) groups is 2. The predicted octanol–water partition coefficient (Wildman–Crippen LogP) is 2.57. The van der Waals surface area contributed by atoms with Crippen molar-refractivity contribution in [2.45, 2.75) is 6.36 Å². The number of benzene rings is 1. The van der Waals surface area contributed by atoms with Gasteiger partial charge >= 0.3 is 6.36 Å². The second kappa shape index (κ2) is 6.26. The summed E-state index contributed by atoms with van der Waals surface area (Å²) in [6.07, 6.45) is -4.89. The molecule has 1 aromatic carbocycles. The first-order valence-electron chi connectivity index (χ1n) is 6.66. The summed E-state index contributed by atoms with van der Waals surface area (Å²) in [5.74, 6) is -2.32. The van der Waals surface area contributed by atoms with E-state index in [1.165, 1.54) is 6.07 Å². The number of nitrogens with two attached hydrogens (primary N) is 1. The zero-order chi connectivity index (χ0) is 19.4. The van der Waals surface area contributed by atoms with Crippen molar-refractivity contribution in [3.05, 3.63) is 47.7 Å². The van der Waals surface area contributed by atoms with E-state index < -0.39 is 29.5 Å². The molecule has 1 aromatic heterocycles. The Morgan fingerprint density at radius 1 is 1.15 bits per heavy atom. The van der Waals surface area contributed by atoms with Crippen LogP contribution in [0.3, 0.4) is 0 Å². The number of nitrogen functional groups attached to an aromatic ring is 1. The lowest BCUT2D eigenvalue weighted by Gasteiger charge is -2.16. The van der Waals surface area contributed by atoms with Crippen LogP contribution in [0.25, 0.3) is 5.69 Å². The molecule has 0 fully saturated rings. The number of nitrogens with one attached hydrogen (secondary N) is 1. The molecule has 0 spiro atoms. The number of ether oxygens (including phenoxy) is 1. The summed E-state index contributed by atoms with van der Waals surface area (Å²) in [6, 6.07) is 3.19. The summed E-state index contributed by atoms with van der Waals surface area (Å²) in [5, 5.41) is 2.02. The minimum Gasteiger partial charge on any atom is -0.405 e. The second-order valence-electron chi connectivity index (χ2n) is 5.06. The maximum Gasteiger partial charge on any atom is 0.573 e. The van der Waals surface area contributed by atoms with Crippen molar-refractivity contribution in [3.63, 3.8) is 0 Å². The van der Waals surface area contributed by atoms with Crippen LogP contribution in [0.2, 0.25) is 0 Å². The van der Waals surface area contributed by atoms with E-state index in [-0.39, 0.29) is 30.7 Å². The minimum absolute atomic E-state index is 0.0856. The van der Waals surface area contributed by atoms with Crippen molar-refractivity contribution >= 4 is 56.2 Å². The van der Waals surface area contributed by atoms with Crippen molar-refractivity contribution in [3.8, 4) is 11.4 Å². The molecule has 0 saturated heterocycles. The summed E-state index contributed by atoms with van der Waals surface area (Å²) in [4.78, 5) is 35.9. The maximum atomic E-state index is 12.4. The quantitative estimate of drug-likeness (QED) is 0.448. The van der Waals surface area contributed by atoms with Crippen LogP contribution in [-0.2, 0) is 0 Å². The molecule has 136 valence electrons. The van der Waals surface area contributed by atoms with Crippen LogP contribution in [0.4, 0.5) is 19.0 Å². The van der Waals surface area contributed by atoms with Crippen LogP contribution in [-0.4, -0.2) is 22.7 Å². The molecule has 3 rings (SSSR count). The smallest absolute Gasteiger partial charge is 0.405 e. The van der Waals surface area contributed by atoms with Crippen LogP contribution in [0.1, 0.15) is 20.7 Å². The summed E-state index contributed by atoms with van der Waals surface area (Å²) in [6.45, 7) is 0. The van der Waals surface area contributed by atoms with Crippen molar-refractivity contribution in [2.24, 2.45) is 0 Å². The van der Waals surface area contributed by atoms with Crippen LogP contribution in [0.15, 0.2) is 27.5 Å². The first-order valence-corrected chi connectivity index (χ1v) is 8.53. The molecular formula is C14H6BrF3IN3O4. The van der Waals surface area contributed by atoms with Crippen LogP contribution >= 0.6 is 38.5 Å². The molecule has 2 amide bonds. The third-order valence-electron chi connectivity index (χ3n) is 3.42. The normalized spacial score (nSPS) is 13.6. The van der Waals surface area contributed by atoms with Gasteiger partial charge in [0.2, 0.25) is 0 Å². The van der Waals surface area contributed by atoms with Crippen molar-refractivity contribution in [1.82, 2.24) is 9.88 Å². The average molecular weight is 544 g/mol. The fourth-order valence-electron chi connectivity index (χ4n) is 2.42. The number of pyridine rings is 1. The molecule has 0 radical (unpaired) electrons. The molecule has 1 aliphatic heterocycles. The Morgan fingerprint density at radius 3 is 2.42 bits per heavy atom. The van der Waals surface area contributed by atoms with Gasteiger partial charge in [-0.25, -0.2) is 0 Å². The molecular weight excluding hydrogens is 538 g/mol. The lowest BCUT2D eigenvalue weighted by molar-refractivity contribution is -0.274. The highest BCUT2D eigenvalue weighted by Crippen LogP contribution is 2.35. The number of fused-ring (bicyclic) bond motifs is 1. The molecule has 2 aromatic rings. The lowest BCUT2D eigenvalue weighted by atomic mass is 10.1. The first kappa shape index (κ1) is 18.7. The van der Waals surface area contributed by atoms with Gasteiger partial charge in [-0.1, -0.05) is 0 Å². The van der Waals surface area contributed by atoms with E-state index in [0.29, 0.717) is 0 Å². The third kappa shape index (κ3) is 3.18. The fraction of sp³-hybridized carbons (Fsp3) is 0.0714. The SMILES string of the molecule is Nc1c2c(cc(=O)n1-c1cc(Br)c(OC(F)(F)F)cc1I)C(=O)NC2=O.